The Hall–Kier alpha value is -1.47. The fourth-order valence-electron chi connectivity index (χ4n) is 5.21. The molecule has 1 spiro atoms. The van der Waals surface area contributed by atoms with E-state index in [0.29, 0.717) is 6.54 Å². The van der Waals surface area contributed by atoms with Crippen molar-refractivity contribution >= 4 is 5.97 Å². The van der Waals surface area contributed by atoms with Crippen molar-refractivity contribution in [3.63, 3.8) is 0 Å². The first kappa shape index (κ1) is 20.3. The number of carboxylic acid groups (broad SMARTS) is 1. The van der Waals surface area contributed by atoms with Gasteiger partial charge in [0.05, 0.1) is 6.54 Å². The molecule has 2 aliphatic rings. The first-order valence-corrected chi connectivity index (χ1v) is 9.98. The molecule has 1 heterocycles. The predicted molar refractivity (Wildman–Crippen MR) is 105 cm³/mol. The van der Waals surface area contributed by atoms with Gasteiger partial charge in [0.25, 0.3) is 0 Å². The van der Waals surface area contributed by atoms with Gasteiger partial charge in [0, 0.05) is 24.2 Å². The molecular formula is C21H33N3O3. The summed E-state index contributed by atoms with van der Waals surface area (Å²) in [5, 5.41) is 20.0. The maximum absolute atomic E-state index is 11.2. The van der Waals surface area contributed by atoms with Crippen molar-refractivity contribution in [1.29, 1.82) is 0 Å². The SMILES string of the molecule is CCCN1C(O)N(CC(=O)O)CC12CCC(c1ccccc1)(N(C)C)CC2. The molecule has 1 atom stereocenters. The fourth-order valence-corrected chi connectivity index (χ4v) is 5.21. The van der Waals surface area contributed by atoms with E-state index in [9.17, 15) is 15.0 Å². The van der Waals surface area contributed by atoms with E-state index in [1.165, 1.54) is 5.56 Å². The van der Waals surface area contributed by atoms with Crippen molar-refractivity contribution in [2.45, 2.75) is 56.5 Å². The molecular weight excluding hydrogens is 342 g/mol. The number of aliphatic hydroxyl groups excluding tert-OH is 1. The van der Waals surface area contributed by atoms with Crippen LogP contribution in [0.5, 0.6) is 0 Å². The van der Waals surface area contributed by atoms with Crippen molar-refractivity contribution in [3.05, 3.63) is 35.9 Å². The van der Waals surface area contributed by atoms with E-state index < -0.39 is 12.3 Å². The van der Waals surface area contributed by atoms with Gasteiger partial charge in [0.1, 0.15) is 0 Å². The van der Waals surface area contributed by atoms with Gasteiger partial charge >= 0.3 is 5.97 Å². The highest BCUT2D eigenvalue weighted by molar-refractivity contribution is 5.69. The van der Waals surface area contributed by atoms with Gasteiger partial charge < -0.3 is 10.2 Å². The van der Waals surface area contributed by atoms with E-state index >= 15 is 0 Å². The average molecular weight is 376 g/mol. The van der Waals surface area contributed by atoms with E-state index in [4.69, 9.17) is 0 Å². The minimum atomic E-state index is -0.884. The van der Waals surface area contributed by atoms with Gasteiger partial charge in [-0.25, -0.2) is 0 Å². The van der Waals surface area contributed by atoms with Gasteiger partial charge in [-0.2, -0.15) is 0 Å². The van der Waals surface area contributed by atoms with Crippen LogP contribution in [0.15, 0.2) is 30.3 Å². The lowest BCUT2D eigenvalue weighted by Gasteiger charge is -2.51. The second-order valence-electron chi connectivity index (χ2n) is 8.35. The summed E-state index contributed by atoms with van der Waals surface area (Å²) in [4.78, 5) is 17.4. The van der Waals surface area contributed by atoms with Crippen molar-refractivity contribution in [2.75, 3.05) is 33.7 Å². The van der Waals surface area contributed by atoms with Crippen LogP contribution >= 0.6 is 0 Å². The van der Waals surface area contributed by atoms with Gasteiger partial charge in [-0.05, 0) is 51.8 Å². The molecule has 1 saturated carbocycles. The van der Waals surface area contributed by atoms with Crippen LogP contribution in [0.1, 0.15) is 44.6 Å². The Morgan fingerprint density at radius 2 is 1.81 bits per heavy atom. The maximum Gasteiger partial charge on any atom is 0.317 e. The molecule has 3 rings (SSSR count). The number of aliphatic hydroxyl groups is 1. The molecule has 1 aliphatic heterocycles. The van der Waals surface area contributed by atoms with Crippen LogP contribution in [0.2, 0.25) is 0 Å². The molecule has 2 fully saturated rings. The molecule has 6 nitrogen and oxygen atoms in total. The second-order valence-corrected chi connectivity index (χ2v) is 8.35. The van der Waals surface area contributed by atoms with Crippen molar-refractivity contribution in [2.24, 2.45) is 0 Å². The smallest absolute Gasteiger partial charge is 0.317 e. The number of carbonyl (C=O) groups is 1. The molecule has 0 aromatic heterocycles. The number of carboxylic acids is 1. The molecule has 27 heavy (non-hydrogen) atoms. The molecule has 1 aromatic carbocycles. The van der Waals surface area contributed by atoms with Crippen molar-refractivity contribution in [3.8, 4) is 0 Å². The standard InChI is InChI=1S/C21H33N3O3/c1-4-14-24-19(27)23(15-18(25)26)16-20(24)10-12-21(13-11-20,22(2)3)17-8-6-5-7-9-17/h5-9,19,27H,4,10-16H2,1-3H3,(H,25,26). The number of rotatable bonds is 6. The lowest BCUT2D eigenvalue weighted by atomic mass is 9.68. The summed E-state index contributed by atoms with van der Waals surface area (Å²) in [7, 11) is 4.30. The van der Waals surface area contributed by atoms with Crippen molar-refractivity contribution in [1.82, 2.24) is 14.7 Å². The predicted octanol–water partition coefficient (Wildman–Crippen LogP) is 2.14. The van der Waals surface area contributed by atoms with Crippen LogP contribution in [0.25, 0.3) is 0 Å². The first-order chi connectivity index (χ1) is 12.8. The van der Waals surface area contributed by atoms with E-state index in [1.54, 1.807) is 4.90 Å². The largest absolute Gasteiger partial charge is 0.480 e. The van der Waals surface area contributed by atoms with Gasteiger partial charge in [-0.15, -0.1) is 0 Å². The number of benzene rings is 1. The molecule has 0 bridgehead atoms. The lowest BCUT2D eigenvalue weighted by molar-refractivity contribution is -0.143. The Kier molecular flexibility index (Phi) is 5.91. The van der Waals surface area contributed by atoms with Crippen LogP contribution in [-0.2, 0) is 10.3 Å². The summed E-state index contributed by atoms with van der Waals surface area (Å²) in [6.45, 7) is 3.41. The normalized spacial score (nSPS) is 32.4. The highest BCUT2D eigenvalue weighted by Gasteiger charge is 2.54. The molecule has 2 N–H and O–H groups in total. The third-order valence-electron chi connectivity index (χ3n) is 6.69. The number of nitrogens with zero attached hydrogens (tertiary/aromatic N) is 3. The van der Waals surface area contributed by atoms with Crippen LogP contribution in [0.4, 0.5) is 0 Å². The highest BCUT2D eigenvalue weighted by atomic mass is 16.4. The number of hydrogen-bond acceptors (Lipinski definition) is 5. The molecule has 6 heteroatoms. The topological polar surface area (TPSA) is 67.2 Å². The summed E-state index contributed by atoms with van der Waals surface area (Å²) >= 11 is 0. The summed E-state index contributed by atoms with van der Waals surface area (Å²) in [5.74, 6) is -0.884. The molecule has 1 aromatic rings. The van der Waals surface area contributed by atoms with Crippen LogP contribution in [-0.4, -0.2) is 76.5 Å². The highest BCUT2D eigenvalue weighted by Crippen LogP contribution is 2.49. The van der Waals surface area contributed by atoms with E-state index in [0.717, 1.165) is 38.6 Å². The molecule has 0 radical (unpaired) electrons. The van der Waals surface area contributed by atoms with Gasteiger partial charge in [0.15, 0.2) is 6.35 Å². The average Bonchev–Trinajstić information content (AvgIpc) is 2.88. The zero-order valence-corrected chi connectivity index (χ0v) is 16.8. The Labute approximate surface area is 162 Å². The van der Waals surface area contributed by atoms with Crippen LogP contribution in [0.3, 0.4) is 0 Å². The van der Waals surface area contributed by atoms with E-state index in [2.05, 4.69) is 61.2 Å². The van der Waals surface area contributed by atoms with Gasteiger partial charge in [-0.1, -0.05) is 37.3 Å². The van der Waals surface area contributed by atoms with Crippen molar-refractivity contribution < 1.29 is 15.0 Å². The minimum Gasteiger partial charge on any atom is -0.480 e. The summed E-state index contributed by atoms with van der Waals surface area (Å²) < 4.78 is 0. The molecule has 1 saturated heterocycles. The Morgan fingerprint density at radius 1 is 1.19 bits per heavy atom. The first-order valence-electron chi connectivity index (χ1n) is 9.98. The zero-order chi connectivity index (χ0) is 19.7. The lowest BCUT2D eigenvalue weighted by Crippen LogP contribution is -2.56. The summed E-state index contributed by atoms with van der Waals surface area (Å²) in [6, 6.07) is 10.7. The maximum atomic E-state index is 11.2. The molecule has 0 amide bonds. The Balaban J connectivity index is 1.85. The second kappa shape index (κ2) is 7.87. The third kappa shape index (κ3) is 3.63. The Bertz CT molecular complexity index is 641. The zero-order valence-electron chi connectivity index (χ0n) is 16.8. The third-order valence-corrected chi connectivity index (χ3v) is 6.69. The monoisotopic (exact) mass is 375 g/mol. The molecule has 150 valence electrons. The van der Waals surface area contributed by atoms with Gasteiger partial charge in [0.2, 0.25) is 0 Å². The number of aliphatic carboxylic acids is 1. The number of hydrogen-bond donors (Lipinski definition) is 2. The minimum absolute atomic E-state index is 0.00440. The van der Waals surface area contributed by atoms with E-state index in [-0.39, 0.29) is 17.6 Å². The Morgan fingerprint density at radius 3 is 2.33 bits per heavy atom. The quantitative estimate of drug-likeness (QED) is 0.794. The fraction of sp³-hybridized carbons (Fsp3) is 0.667. The van der Waals surface area contributed by atoms with Crippen LogP contribution in [0, 0.1) is 0 Å². The van der Waals surface area contributed by atoms with Gasteiger partial charge in [-0.3, -0.25) is 19.5 Å². The molecule has 1 unspecified atom stereocenters. The molecule has 1 aliphatic carbocycles. The van der Waals surface area contributed by atoms with E-state index in [1.807, 2.05) is 0 Å². The van der Waals surface area contributed by atoms with Crippen LogP contribution < -0.4 is 0 Å². The summed E-state index contributed by atoms with van der Waals surface area (Å²) in [5.41, 5.74) is 1.20. The summed E-state index contributed by atoms with van der Waals surface area (Å²) in [6.07, 6.45) is 4.04.